The first kappa shape index (κ1) is 15.2. The van der Waals surface area contributed by atoms with E-state index in [1.165, 1.54) is 0 Å². The van der Waals surface area contributed by atoms with Gasteiger partial charge in [-0.1, -0.05) is 6.07 Å². The zero-order chi connectivity index (χ0) is 16.5. The van der Waals surface area contributed by atoms with E-state index < -0.39 is 0 Å². The molecule has 1 aliphatic rings. The van der Waals surface area contributed by atoms with Gasteiger partial charge in [-0.25, -0.2) is 4.98 Å². The van der Waals surface area contributed by atoms with Crippen LogP contribution < -0.4 is 9.64 Å². The van der Waals surface area contributed by atoms with Crippen molar-refractivity contribution in [2.24, 2.45) is 5.92 Å². The van der Waals surface area contributed by atoms with Crippen molar-refractivity contribution in [1.82, 2.24) is 14.4 Å². The van der Waals surface area contributed by atoms with Gasteiger partial charge in [-0.05, 0) is 43.4 Å². The standard InChI is InChI=1S/C18H21FN4O/c1-24-15-4-2-3-14-17(15)23-12-8-16(21-18(23)20-14)22-10-6-13(5-9-19)7-11-22/h2-4,8,12-13H,5-7,9-11H2,1H3/i19-1. The average Bonchev–Trinajstić information content (AvgIpc) is 3.00. The Balaban J connectivity index is 1.66. The van der Waals surface area contributed by atoms with Crippen molar-refractivity contribution >= 4 is 22.6 Å². The molecule has 1 fully saturated rings. The predicted molar refractivity (Wildman–Crippen MR) is 92.6 cm³/mol. The third-order valence-electron chi connectivity index (χ3n) is 4.92. The summed E-state index contributed by atoms with van der Waals surface area (Å²) in [5.74, 6) is 2.92. The van der Waals surface area contributed by atoms with Gasteiger partial charge in [-0.15, -0.1) is 0 Å². The quantitative estimate of drug-likeness (QED) is 0.736. The molecule has 0 atom stereocenters. The number of imidazole rings is 1. The summed E-state index contributed by atoms with van der Waals surface area (Å²) in [6.45, 7) is 1.64. The third kappa shape index (κ3) is 2.56. The maximum atomic E-state index is 12.5. The molecule has 0 aliphatic carbocycles. The first-order valence-corrected chi connectivity index (χ1v) is 8.43. The number of anilines is 1. The molecule has 5 nitrogen and oxygen atoms in total. The summed E-state index contributed by atoms with van der Waals surface area (Å²) >= 11 is 0. The summed E-state index contributed by atoms with van der Waals surface area (Å²) < 4.78 is 19.9. The monoisotopic (exact) mass is 327 g/mol. The number of piperidine rings is 1. The molecule has 2 aromatic heterocycles. The Morgan fingerprint density at radius 3 is 2.79 bits per heavy atom. The third-order valence-corrected chi connectivity index (χ3v) is 4.92. The fourth-order valence-corrected chi connectivity index (χ4v) is 3.55. The molecule has 0 radical (unpaired) electrons. The molecule has 4 rings (SSSR count). The number of benzene rings is 1. The van der Waals surface area contributed by atoms with E-state index in [-0.39, 0.29) is 6.67 Å². The van der Waals surface area contributed by atoms with Crippen molar-refractivity contribution in [1.29, 1.82) is 0 Å². The van der Waals surface area contributed by atoms with Crippen molar-refractivity contribution in [3.8, 4) is 5.75 Å². The molecule has 0 bridgehead atoms. The second-order valence-corrected chi connectivity index (χ2v) is 6.30. The lowest BCUT2D eigenvalue weighted by atomic mass is 9.94. The maximum absolute atomic E-state index is 12.5. The molecule has 6 heteroatoms. The SMILES string of the molecule is COc1cccc2nc3nc(N4CCC(CC[18F])CC4)ccn3c12. The molecule has 0 saturated carbocycles. The smallest absolute Gasteiger partial charge is 0.236 e. The summed E-state index contributed by atoms with van der Waals surface area (Å²) in [4.78, 5) is 11.6. The summed E-state index contributed by atoms with van der Waals surface area (Å²) in [5, 5.41) is 0. The molecular weight excluding hydrogens is 306 g/mol. The highest BCUT2D eigenvalue weighted by Crippen LogP contribution is 2.28. The van der Waals surface area contributed by atoms with Gasteiger partial charge < -0.3 is 9.64 Å². The Labute approximate surface area is 140 Å². The molecule has 3 aromatic rings. The van der Waals surface area contributed by atoms with Gasteiger partial charge in [-0.3, -0.25) is 8.79 Å². The van der Waals surface area contributed by atoms with Crippen molar-refractivity contribution in [2.75, 3.05) is 31.8 Å². The van der Waals surface area contributed by atoms with Crippen LogP contribution in [0.25, 0.3) is 16.8 Å². The van der Waals surface area contributed by atoms with Crippen molar-refractivity contribution < 1.29 is 9.13 Å². The van der Waals surface area contributed by atoms with Gasteiger partial charge in [0.2, 0.25) is 5.78 Å². The minimum absolute atomic E-state index is 0.211. The molecule has 126 valence electrons. The Kier molecular flexibility index (Phi) is 3.96. The number of fused-ring (bicyclic) bond motifs is 3. The van der Waals surface area contributed by atoms with E-state index in [2.05, 4.69) is 9.88 Å². The molecule has 0 N–H and O–H groups in total. The normalized spacial score (nSPS) is 16.2. The minimum Gasteiger partial charge on any atom is -0.494 e. The molecule has 0 amide bonds. The van der Waals surface area contributed by atoms with Crippen LogP contribution in [0.1, 0.15) is 19.3 Å². The summed E-state index contributed by atoms with van der Waals surface area (Å²) in [6, 6.07) is 7.86. The lowest BCUT2D eigenvalue weighted by Gasteiger charge is -2.32. The number of hydrogen-bond acceptors (Lipinski definition) is 4. The van der Waals surface area contributed by atoms with E-state index >= 15 is 0 Å². The minimum atomic E-state index is -0.211. The van der Waals surface area contributed by atoms with Gasteiger partial charge in [0.1, 0.15) is 17.1 Å². The molecule has 0 unspecified atom stereocenters. The number of hydrogen-bond donors (Lipinski definition) is 0. The van der Waals surface area contributed by atoms with Crippen LogP contribution in [-0.2, 0) is 0 Å². The lowest BCUT2D eigenvalue weighted by molar-refractivity contribution is 0.332. The van der Waals surface area contributed by atoms with Crippen LogP contribution in [0.4, 0.5) is 10.2 Å². The zero-order valence-electron chi connectivity index (χ0n) is 13.8. The van der Waals surface area contributed by atoms with Gasteiger partial charge in [-0.2, -0.15) is 4.98 Å². The van der Waals surface area contributed by atoms with Crippen LogP contribution in [0.5, 0.6) is 5.75 Å². The molecule has 0 spiro atoms. The van der Waals surface area contributed by atoms with Gasteiger partial charge in [0, 0.05) is 19.3 Å². The first-order valence-electron chi connectivity index (χ1n) is 8.43. The van der Waals surface area contributed by atoms with Crippen LogP contribution in [0.15, 0.2) is 30.5 Å². The summed E-state index contributed by atoms with van der Waals surface area (Å²) in [7, 11) is 1.66. The molecule has 1 aliphatic heterocycles. The topological polar surface area (TPSA) is 42.7 Å². The van der Waals surface area contributed by atoms with Crippen molar-refractivity contribution in [2.45, 2.75) is 19.3 Å². The largest absolute Gasteiger partial charge is 0.494 e. The number of alkyl halides is 1. The number of ether oxygens (including phenoxy) is 1. The van der Waals surface area contributed by atoms with Crippen LogP contribution in [0.2, 0.25) is 0 Å². The van der Waals surface area contributed by atoms with Gasteiger partial charge in [0.05, 0.1) is 19.3 Å². The van der Waals surface area contributed by atoms with Gasteiger partial charge in [0.15, 0.2) is 0 Å². The Morgan fingerprint density at radius 1 is 1.21 bits per heavy atom. The van der Waals surface area contributed by atoms with E-state index in [4.69, 9.17) is 9.72 Å². The molecular formula is C18H21FN4O. The summed E-state index contributed by atoms with van der Waals surface area (Å²) in [6.07, 6.45) is 4.75. The van der Waals surface area contributed by atoms with E-state index in [0.29, 0.717) is 18.1 Å². The number of aromatic nitrogens is 3. The fraction of sp³-hybridized carbons (Fsp3) is 0.444. The highest BCUT2D eigenvalue weighted by molar-refractivity contribution is 5.85. The second kappa shape index (κ2) is 6.26. The lowest BCUT2D eigenvalue weighted by Crippen LogP contribution is -2.34. The first-order chi connectivity index (χ1) is 11.8. The predicted octanol–water partition coefficient (Wildman–Crippen LogP) is 3.47. The van der Waals surface area contributed by atoms with E-state index in [0.717, 1.165) is 48.5 Å². The second-order valence-electron chi connectivity index (χ2n) is 6.30. The summed E-state index contributed by atoms with van der Waals surface area (Å²) in [5.41, 5.74) is 1.82. The van der Waals surface area contributed by atoms with E-state index in [1.807, 2.05) is 34.9 Å². The highest BCUT2D eigenvalue weighted by Gasteiger charge is 2.20. The van der Waals surface area contributed by atoms with Crippen LogP contribution >= 0.6 is 0 Å². The molecule has 1 saturated heterocycles. The van der Waals surface area contributed by atoms with Crippen molar-refractivity contribution in [3.63, 3.8) is 0 Å². The van der Waals surface area contributed by atoms with Crippen LogP contribution in [-0.4, -0.2) is 41.2 Å². The van der Waals surface area contributed by atoms with Gasteiger partial charge in [0.25, 0.3) is 0 Å². The molecule has 24 heavy (non-hydrogen) atoms. The van der Waals surface area contributed by atoms with Gasteiger partial charge >= 0.3 is 0 Å². The van der Waals surface area contributed by atoms with E-state index in [9.17, 15) is 4.39 Å². The molecule has 1 aromatic carbocycles. The fourth-order valence-electron chi connectivity index (χ4n) is 3.55. The Hall–Kier alpha value is -2.37. The van der Waals surface area contributed by atoms with Crippen LogP contribution in [0, 0.1) is 5.92 Å². The Morgan fingerprint density at radius 2 is 2.04 bits per heavy atom. The number of nitrogens with zero attached hydrogens (tertiary/aromatic N) is 4. The Bertz CT molecular complexity index is 855. The number of methoxy groups -OCH3 is 1. The average molecular weight is 327 g/mol. The number of halogens is 1. The number of rotatable bonds is 4. The molecule has 3 heterocycles. The number of para-hydroxylation sites is 1. The van der Waals surface area contributed by atoms with Crippen LogP contribution in [0.3, 0.4) is 0 Å². The maximum Gasteiger partial charge on any atom is 0.236 e. The van der Waals surface area contributed by atoms with E-state index in [1.54, 1.807) is 7.11 Å². The zero-order valence-corrected chi connectivity index (χ0v) is 13.8. The van der Waals surface area contributed by atoms with Crippen molar-refractivity contribution in [3.05, 3.63) is 30.5 Å². The highest BCUT2D eigenvalue weighted by atomic mass is 18.2.